The number of hydrogen-bond donors (Lipinski definition) is 1. The molecule has 0 aromatic heterocycles. The van der Waals surface area contributed by atoms with Crippen molar-refractivity contribution in [2.24, 2.45) is 0 Å². The Labute approximate surface area is 123 Å². The summed E-state index contributed by atoms with van der Waals surface area (Å²) in [6.45, 7) is 0. The topological polar surface area (TPSA) is 155 Å². The molecule has 10 heteroatoms. The van der Waals surface area contributed by atoms with Crippen LogP contribution < -0.4 is 5.73 Å². The number of nitro benzene ring substituents is 3. The number of benzene rings is 2. The Bertz CT molecular complexity index is 672. The lowest BCUT2D eigenvalue weighted by atomic mass is 10.2. The van der Waals surface area contributed by atoms with Crippen LogP contribution in [0.1, 0.15) is 0 Å². The van der Waals surface area contributed by atoms with Crippen molar-refractivity contribution in [3.8, 4) is 0 Å². The highest BCUT2D eigenvalue weighted by molar-refractivity contribution is 5.65. The third-order valence-electron chi connectivity index (χ3n) is 2.37. The molecule has 0 atom stereocenters. The molecule has 0 saturated carbocycles. The van der Waals surface area contributed by atoms with Crippen molar-refractivity contribution in [1.82, 2.24) is 0 Å². The summed E-state index contributed by atoms with van der Waals surface area (Å²) in [7, 11) is 0. The van der Waals surface area contributed by atoms with Gasteiger partial charge < -0.3 is 5.73 Å². The monoisotopic (exact) mass is 306 g/mol. The highest BCUT2D eigenvalue weighted by Gasteiger charge is 2.34. The van der Waals surface area contributed by atoms with Gasteiger partial charge in [-0.3, -0.25) is 30.3 Å². The predicted octanol–water partition coefficient (Wildman–Crippen LogP) is 2.68. The van der Waals surface area contributed by atoms with E-state index in [0.29, 0.717) is 0 Å². The Kier molecular flexibility index (Phi) is 5.46. The van der Waals surface area contributed by atoms with Gasteiger partial charge in [0.2, 0.25) is 0 Å². The zero-order valence-electron chi connectivity index (χ0n) is 11.0. The number of nitro groups is 3. The van der Waals surface area contributed by atoms with Gasteiger partial charge in [-0.15, -0.1) is 0 Å². The molecule has 0 bridgehead atoms. The van der Waals surface area contributed by atoms with Crippen LogP contribution in [0.2, 0.25) is 0 Å². The number of nitrogens with two attached hydrogens (primary N) is 1. The largest absolute Gasteiger partial charge is 0.422 e. The van der Waals surface area contributed by atoms with E-state index in [1.807, 2.05) is 30.3 Å². The van der Waals surface area contributed by atoms with Gasteiger partial charge in [0.1, 0.15) is 0 Å². The number of nitrogen functional groups attached to an aromatic ring is 1. The lowest BCUT2D eigenvalue weighted by Crippen LogP contribution is -2.00. The Balaban J connectivity index is 0.000000287. The molecule has 22 heavy (non-hydrogen) atoms. The van der Waals surface area contributed by atoms with Crippen molar-refractivity contribution >= 4 is 22.7 Å². The third-order valence-corrected chi connectivity index (χ3v) is 2.37. The second kappa shape index (κ2) is 7.28. The Morgan fingerprint density at radius 2 is 1.14 bits per heavy atom. The Morgan fingerprint density at radius 3 is 1.41 bits per heavy atom. The number of anilines is 1. The van der Waals surface area contributed by atoms with Crippen LogP contribution in [0.25, 0.3) is 0 Å². The minimum atomic E-state index is -1.14. The quantitative estimate of drug-likeness (QED) is 0.518. The molecule has 114 valence electrons. The highest BCUT2D eigenvalue weighted by atomic mass is 16.6. The molecular formula is C12H10N4O6. The van der Waals surface area contributed by atoms with E-state index in [1.54, 1.807) is 0 Å². The zero-order chi connectivity index (χ0) is 16.7. The van der Waals surface area contributed by atoms with Crippen molar-refractivity contribution in [3.63, 3.8) is 0 Å². The standard InChI is InChI=1S/C6H3N3O6.C6H7N/c10-7(11)4-2-1-3-5(8(12)13)6(4)9(14)15;7-6-4-2-1-3-5-6/h1-3H;1-5H,7H2. The maximum absolute atomic E-state index is 10.4. The first-order valence-corrected chi connectivity index (χ1v) is 5.71. The van der Waals surface area contributed by atoms with E-state index < -0.39 is 31.8 Å². The number of hydrogen-bond acceptors (Lipinski definition) is 7. The van der Waals surface area contributed by atoms with Gasteiger partial charge in [-0.05, 0) is 18.2 Å². The van der Waals surface area contributed by atoms with Crippen LogP contribution in [0.15, 0.2) is 48.5 Å². The van der Waals surface area contributed by atoms with Gasteiger partial charge in [0.25, 0.3) is 0 Å². The van der Waals surface area contributed by atoms with E-state index >= 15 is 0 Å². The van der Waals surface area contributed by atoms with Gasteiger partial charge in [0, 0.05) is 17.8 Å². The van der Waals surface area contributed by atoms with E-state index in [9.17, 15) is 30.3 Å². The molecule has 0 aliphatic carbocycles. The highest BCUT2D eigenvalue weighted by Crippen LogP contribution is 2.35. The summed E-state index contributed by atoms with van der Waals surface area (Å²) in [6.07, 6.45) is 0. The molecule has 0 aliphatic rings. The third kappa shape index (κ3) is 4.23. The van der Waals surface area contributed by atoms with E-state index in [2.05, 4.69) is 0 Å². The fourth-order valence-corrected chi connectivity index (χ4v) is 1.45. The molecule has 2 rings (SSSR count). The smallest absolute Gasteiger partial charge is 0.399 e. The van der Waals surface area contributed by atoms with Gasteiger partial charge in [0.15, 0.2) is 0 Å². The fraction of sp³-hybridized carbons (Fsp3) is 0. The number of rotatable bonds is 3. The lowest BCUT2D eigenvalue weighted by molar-refractivity contribution is -0.441. The van der Waals surface area contributed by atoms with Crippen LogP contribution in [0.3, 0.4) is 0 Å². The maximum atomic E-state index is 10.4. The van der Waals surface area contributed by atoms with E-state index in [1.165, 1.54) is 0 Å². The molecule has 0 unspecified atom stereocenters. The molecule has 2 N–H and O–H groups in total. The second-order valence-corrected chi connectivity index (χ2v) is 3.83. The minimum absolute atomic E-state index is 0.822. The summed E-state index contributed by atoms with van der Waals surface area (Å²) < 4.78 is 0. The van der Waals surface area contributed by atoms with Crippen LogP contribution in [0.4, 0.5) is 22.7 Å². The molecule has 2 aromatic carbocycles. The number of nitrogens with zero attached hydrogens (tertiary/aromatic N) is 3. The van der Waals surface area contributed by atoms with E-state index in [0.717, 1.165) is 23.9 Å². The molecule has 2 aromatic rings. The average molecular weight is 306 g/mol. The lowest BCUT2D eigenvalue weighted by Gasteiger charge is -1.95. The van der Waals surface area contributed by atoms with E-state index in [-0.39, 0.29) is 0 Å². The molecule has 10 nitrogen and oxygen atoms in total. The summed E-state index contributed by atoms with van der Waals surface area (Å²) in [4.78, 5) is 28.0. The SMILES string of the molecule is Nc1ccccc1.O=[N+]([O-])c1cccc([N+](=O)[O-])c1[N+](=O)[O-]. The molecule has 0 aliphatic heterocycles. The molecule has 0 heterocycles. The first kappa shape index (κ1) is 16.5. The van der Waals surface area contributed by atoms with Gasteiger partial charge in [0.05, 0.1) is 14.8 Å². The van der Waals surface area contributed by atoms with Gasteiger partial charge in [-0.25, -0.2) is 0 Å². The molecule has 0 radical (unpaired) electrons. The van der Waals surface area contributed by atoms with Crippen LogP contribution >= 0.6 is 0 Å². The molecular weight excluding hydrogens is 296 g/mol. The summed E-state index contributed by atoms with van der Waals surface area (Å²) in [5.74, 6) is 0. The molecule has 0 amide bonds. The average Bonchev–Trinajstić information content (AvgIpc) is 2.47. The summed E-state index contributed by atoms with van der Waals surface area (Å²) in [6, 6.07) is 12.2. The normalized spacial score (nSPS) is 9.27. The first-order chi connectivity index (χ1) is 10.3. The first-order valence-electron chi connectivity index (χ1n) is 5.71. The predicted molar refractivity (Wildman–Crippen MR) is 77.3 cm³/mol. The van der Waals surface area contributed by atoms with Crippen LogP contribution in [-0.2, 0) is 0 Å². The Hall–Kier alpha value is -3.56. The van der Waals surface area contributed by atoms with Gasteiger partial charge in [-0.1, -0.05) is 18.2 Å². The van der Waals surface area contributed by atoms with Crippen molar-refractivity contribution in [2.45, 2.75) is 0 Å². The summed E-state index contributed by atoms with van der Waals surface area (Å²) >= 11 is 0. The second-order valence-electron chi connectivity index (χ2n) is 3.83. The summed E-state index contributed by atoms with van der Waals surface area (Å²) in [5, 5.41) is 31.2. The van der Waals surface area contributed by atoms with Crippen molar-refractivity contribution in [1.29, 1.82) is 0 Å². The molecule has 0 spiro atoms. The fourth-order valence-electron chi connectivity index (χ4n) is 1.45. The van der Waals surface area contributed by atoms with Crippen LogP contribution in [0.5, 0.6) is 0 Å². The number of para-hydroxylation sites is 2. The van der Waals surface area contributed by atoms with Gasteiger partial charge >= 0.3 is 17.1 Å². The Morgan fingerprint density at radius 1 is 0.682 bits per heavy atom. The molecule has 0 saturated heterocycles. The summed E-state index contributed by atoms with van der Waals surface area (Å²) in [5.41, 5.74) is 3.29. The van der Waals surface area contributed by atoms with E-state index in [4.69, 9.17) is 5.73 Å². The van der Waals surface area contributed by atoms with Crippen LogP contribution in [0, 0.1) is 30.3 Å². The maximum Gasteiger partial charge on any atom is 0.422 e. The minimum Gasteiger partial charge on any atom is -0.399 e. The van der Waals surface area contributed by atoms with Crippen molar-refractivity contribution in [2.75, 3.05) is 5.73 Å². The van der Waals surface area contributed by atoms with Crippen LogP contribution in [-0.4, -0.2) is 14.8 Å². The zero-order valence-corrected chi connectivity index (χ0v) is 11.0. The van der Waals surface area contributed by atoms with Crippen molar-refractivity contribution < 1.29 is 14.8 Å². The molecule has 0 fully saturated rings. The van der Waals surface area contributed by atoms with Crippen molar-refractivity contribution in [3.05, 3.63) is 78.9 Å². The van der Waals surface area contributed by atoms with Gasteiger partial charge in [-0.2, -0.15) is 0 Å².